The lowest BCUT2D eigenvalue weighted by molar-refractivity contribution is 0.209. The van der Waals surface area contributed by atoms with Gasteiger partial charge in [0.1, 0.15) is 0 Å². The van der Waals surface area contributed by atoms with Gasteiger partial charge in [0, 0.05) is 5.69 Å². The molecular formula is C14H21NO. The molecule has 0 amide bonds. The molecule has 2 nitrogen and oxygen atoms in total. The summed E-state index contributed by atoms with van der Waals surface area (Å²) in [5.41, 5.74) is 2.19. The van der Waals surface area contributed by atoms with Crippen LogP contribution in [0.4, 0.5) is 5.69 Å². The zero-order valence-electron chi connectivity index (χ0n) is 10.2. The minimum atomic E-state index is -0.170. The molecule has 1 aliphatic carbocycles. The number of hydrogen-bond acceptors (Lipinski definition) is 2. The predicted octanol–water partition coefficient (Wildman–Crippen LogP) is 2.96. The molecule has 0 bridgehead atoms. The molecular weight excluding hydrogens is 198 g/mol. The lowest BCUT2D eigenvalue weighted by Gasteiger charge is -2.30. The van der Waals surface area contributed by atoms with E-state index in [1.807, 2.05) is 0 Å². The molecule has 1 unspecified atom stereocenters. The van der Waals surface area contributed by atoms with E-state index in [4.69, 9.17) is 0 Å². The van der Waals surface area contributed by atoms with Gasteiger partial charge in [0.15, 0.2) is 0 Å². The van der Waals surface area contributed by atoms with E-state index in [2.05, 4.69) is 43.4 Å². The molecule has 0 aromatic heterocycles. The first-order valence-corrected chi connectivity index (χ1v) is 6.07. The lowest BCUT2D eigenvalue weighted by atomic mass is 9.95. The topological polar surface area (TPSA) is 32.3 Å². The minimum absolute atomic E-state index is 0.170. The maximum Gasteiger partial charge on any atom is 0.0658 e. The predicted molar refractivity (Wildman–Crippen MR) is 67.6 cm³/mol. The van der Waals surface area contributed by atoms with Crippen molar-refractivity contribution in [2.75, 3.05) is 11.9 Å². The largest absolute Gasteiger partial charge is 0.394 e. The van der Waals surface area contributed by atoms with Crippen LogP contribution in [0.3, 0.4) is 0 Å². The summed E-state index contributed by atoms with van der Waals surface area (Å²) in [5.74, 6) is 0.815. The first-order valence-electron chi connectivity index (χ1n) is 6.07. The molecule has 0 saturated heterocycles. The van der Waals surface area contributed by atoms with E-state index < -0.39 is 0 Å². The van der Waals surface area contributed by atoms with Gasteiger partial charge in [-0.05, 0) is 38.3 Å². The van der Waals surface area contributed by atoms with Crippen LogP contribution < -0.4 is 5.32 Å². The maximum absolute atomic E-state index is 9.52. The highest BCUT2D eigenvalue weighted by atomic mass is 16.3. The van der Waals surface area contributed by atoms with Crippen molar-refractivity contribution >= 4 is 5.69 Å². The van der Waals surface area contributed by atoms with E-state index in [1.54, 1.807) is 0 Å². The van der Waals surface area contributed by atoms with Crippen LogP contribution in [0.1, 0.15) is 31.7 Å². The van der Waals surface area contributed by atoms with E-state index in [1.165, 1.54) is 18.4 Å². The van der Waals surface area contributed by atoms with Crippen LogP contribution in [-0.4, -0.2) is 17.3 Å². The Morgan fingerprint density at radius 3 is 2.44 bits per heavy atom. The van der Waals surface area contributed by atoms with Gasteiger partial charge in [0.25, 0.3) is 0 Å². The van der Waals surface area contributed by atoms with Crippen LogP contribution in [0, 0.1) is 12.8 Å². The van der Waals surface area contributed by atoms with E-state index in [9.17, 15) is 5.11 Å². The summed E-state index contributed by atoms with van der Waals surface area (Å²) in [4.78, 5) is 0. The molecule has 0 spiro atoms. The summed E-state index contributed by atoms with van der Waals surface area (Å²) in [6.07, 6.45) is 3.72. The average molecular weight is 219 g/mol. The second-order valence-electron chi connectivity index (χ2n) is 5.36. The number of benzene rings is 1. The van der Waals surface area contributed by atoms with Crippen molar-refractivity contribution in [3.63, 3.8) is 0 Å². The Bertz CT molecular complexity index is 342. The van der Waals surface area contributed by atoms with Crippen molar-refractivity contribution in [3.05, 3.63) is 29.8 Å². The summed E-state index contributed by atoms with van der Waals surface area (Å²) >= 11 is 0. The molecule has 2 heteroatoms. The molecule has 88 valence electrons. The van der Waals surface area contributed by atoms with Gasteiger partial charge in [-0.2, -0.15) is 0 Å². The Morgan fingerprint density at radius 1 is 1.31 bits per heavy atom. The molecule has 1 aromatic rings. The second-order valence-corrected chi connectivity index (χ2v) is 5.36. The number of rotatable bonds is 5. The first-order chi connectivity index (χ1) is 7.61. The molecule has 1 atom stereocenters. The van der Waals surface area contributed by atoms with E-state index in [0.29, 0.717) is 0 Å². The Hall–Kier alpha value is -1.02. The molecule has 0 heterocycles. The van der Waals surface area contributed by atoms with Crippen molar-refractivity contribution in [1.29, 1.82) is 0 Å². The molecule has 2 N–H and O–H groups in total. The number of anilines is 1. The van der Waals surface area contributed by atoms with Gasteiger partial charge in [0.05, 0.1) is 12.1 Å². The fraction of sp³-hybridized carbons (Fsp3) is 0.571. The summed E-state index contributed by atoms with van der Waals surface area (Å²) in [5, 5.41) is 13.0. The number of nitrogens with one attached hydrogen (secondary N) is 1. The fourth-order valence-corrected chi connectivity index (χ4v) is 2.10. The minimum Gasteiger partial charge on any atom is -0.394 e. The highest BCUT2D eigenvalue weighted by molar-refractivity contribution is 5.46. The third kappa shape index (κ3) is 2.99. The van der Waals surface area contributed by atoms with Crippen molar-refractivity contribution in [3.8, 4) is 0 Å². The van der Waals surface area contributed by atoms with Gasteiger partial charge in [0.2, 0.25) is 0 Å². The molecule has 1 fully saturated rings. The van der Waals surface area contributed by atoms with Gasteiger partial charge in [-0.15, -0.1) is 0 Å². The van der Waals surface area contributed by atoms with Crippen molar-refractivity contribution in [1.82, 2.24) is 0 Å². The Labute approximate surface area is 97.7 Å². The Balaban J connectivity index is 2.01. The Morgan fingerprint density at radius 2 is 1.94 bits per heavy atom. The summed E-state index contributed by atoms with van der Waals surface area (Å²) < 4.78 is 0. The normalized spacial score (nSPS) is 19.2. The zero-order chi connectivity index (χ0) is 11.6. The van der Waals surface area contributed by atoms with Gasteiger partial charge in [-0.3, -0.25) is 0 Å². The van der Waals surface area contributed by atoms with Crippen LogP contribution in [0.15, 0.2) is 24.3 Å². The Kier molecular flexibility index (Phi) is 3.20. The van der Waals surface area contributed by atoms with Gasteiger partial charge in [-0.25, -0.2) is 0 Å². The fourth-order valence-electron chi connectivity index (χ4n) is 2.10. The van der Waals surface area contributed by atoms with Crippen LogP contribution in [-0.2, 0) is 0 Å². The van der Waals surface area contributed by atoms with Gasteiger partial charge in [-0.1, -0.05) is 30.5 Å². The van der Waals surface area contributed by atoms with E-state index in [0.717, 1.165) is 18.0 Å². The van der Waals surface area contributed by atoms with Crippen LogP contribution >= 0.6 is 0 Å². The third-order valence-electron chi connectivity index (χ3n) is 3.28. The molecule has 1 aliphatic rings. The van der Waals surface area contributed by atoms with Crippen LogP contribution in [0.2, 0.25) is 0 Å². The van der Waals surface area contributed by atoms with Gasteiger partial charge >= 0.3 is 0 Å². The molecule has 0 aliphatic heterocycles. The average Bonchev–Trinajstić information content (AvgIpc) is 3.05. The monoisotopic (exact) mass is 219 g/mol. The maximum atomic E-state index is 9.52. The summed E-state index contributed by atoms with van der Waals surface area (Å²) in [7, 11) is 0. The first kappa shape index (κ1) is 11.5. The molecule has 0 radical (unpaired) electrons. The van der Waals surface area contributed by atoms with E-state index >= 15 is 0 Å². The van der Waals surface area contributed by atoms with Gasteiger partial charge < -0.3 is 10.4 Å². The third-order valence-corrected chi connectivity index (χ3v) is 3.28. The summed E-state index contributed by atoms with van der Waals surface area (Å²) in [6, 6.07) is 8.35. The molecule has 2 rings (SSSR count). The van der Waals surface area contributed by atoms with Crippen molar-refractivity contribution in [2.24, 2.45) is 5.92 Å². The highest BCUT2D eigenvalue weighted by Gasteiger charge is 2.32. The standard InChI is InChI=1S/C14H21NO/c1-11-3-7-13(8-4-11)15-14(2,10-16)9-12-5-6-12/h3-4,7-8,12,15-16H,5-6,9-10H2,1-2H3. The number of aryl methyl sites for hydroxylation is 1. The number of aliphatic hydroxyl groups is 1. The molecule has 16 heavy (non-hydrogen) atoms. The highest BCUT2D eigenvalue weighted by Crippen LogP contribution is 2.37. The SMILES string of the molecule is Cc1ccc(NC(C)(CO)CC2CC2)cc1. The molecule has 1 saturated carbocycles. The van der Waals surface area contributed by atoms with Crippen LogP contribution in [0.25, 0.3) is 0 Å². The number of aliphatic hydroxyl groups excluding tert-OH is 1. The summed E-state index contributed by atoms with van der Waals surface area (Å²) in [6.45, 7) is 4.38. The molecule has 1 aromatic carbocycles. The van der Waals surface area contributed by atoms with Crippen molar-refractivity contribution < 1.29 is 5.11 Å². The van der Waals surface area contributed by atoms with E-state index in [-0.39, 0.29) is 12.1 Å². The van der Waals surface area contributed by atoms with Crippen molar-refractivity contribution in [2.45, 2.75) is 38.6 Å². The van der Waals surface area contributed by atoms with Crippen LogP contribution in [0.5, 0.6) is 0 Å². The second kappa shape index (κ2) is 4.46. The zero-order valence-corrected chi connectivity index (χ0v) is 10.2. The smallest absolute Gasteiger partial charge is 0.0658 e. The number of hydrogen-bond donors (Lipinski definition) is 2. The lowest BCUT2D eigenvalue weighted by Crippen LogP contribution is -2.39. The quantitative estimate of drug-likeness (QED) is 0.798.